The Hall–Kier alpha value is -2.11. The summed E-state index contributed by atoms with van der Waals surface area (Å²) < 4.78 is 13.2. The number of amides is 1. The van der Waals surface area contributed by atoms with Crippen molar-refractivity contribution in [1.82, 2.24) is 4.90 Å². The number of nitrogens with two attached hydrogens (primary N) is 1. The monoisotopic (exact) mass is 266 g/mol. The molecule has 1 aromatic rings. The van der Waals surface area contributed by atoms with E-state index in [0.717, 1.165) is 12.1 Å². The second-order valence-electron chi connectivity index (χ2n) is 4.87. The van der Waals surface area contributed by atoms with Crippen molar-refractivity contribution in [2.24, 2.45) is 0 Å². The molecule has 19 heavy (non-hydrogen) atoms. The van der Waals surface area contributed by atoms with Gasteiger partial charge in [0.25, 0.3) is 5.91 Å². The van der Waals surface area contributed by atoms with E-state index in [4.69, 9.17) is 5.73 Å². The van der Waals surface area contributed by atoms with Crippen LogP contribution in [0.4, 0.5) is 10.1 Å². The van der Waals surface area contributed by atoms with E-state index in [0.29, 0.717) is 19.4 Å². The van der Waals surface area contributed by atoms with Gasteiger partial charge in [-0.2, -0.15) is 0 Å². The van der Waals surface area contributed by atoms with Gasteiger partial charge in [-0.25, -0.2) is 9.18 Å². The molecule has 0 aromatic heterocycles. The minimum absolute atomic E-state index is 0.00868. The number of carbonyl (C=O) groups is 2. The Bertz CT molecular complexity index is 547. The van der Waals surface area contributed by atoms with Crippen LogP contribution in [0.1, 0.15) is 30.1 Å². The first kappa shape index (κ1) is 13.3. The molecule has 5 nitrogen and oxygen atoms in total. The number of hydrogen-bond donors (Lipinski definition) is 2. The summed E-state index contributed by atoms with van der Waals surface area (Å²) in [4.78, 5) is 24.9. The Morgan fingerprint density at radius 3 is 2.79 bits per heavy atom. The van der Waals surface area contributed by atoms with Gasteiger partial charge in [0, 0.05) is 12.2 Å². The lowest BCUT2D eigenvalue weighted by atomic mass is 9.98. The van der Waals surface area contributed by atoms with Gasteiger partial charge in [0.1, 0.15) is 11.4 Å². The maximum absolute atomic E-state index is 13.2. The van der Waals surface area contributed by atoms with Gasteiger partial charge in [-0.05, 0) is 38.0 Å². The van der Waals surface area contributed by atoms with Gasteiger partial charge in [0.2, 0.25) is 0 Å². The maximum Gasteiger partial charge on any atom is 0.329 e. The van der Waals surface area contributed by atoms with Crippen LogP contribution >= 0.6 is 0 Å². The van der Waals surface area contributed by atoms with Gasteiger partial charge in [0.15, 0.2) is 0 Å². The molecule has 0 radical (unpaired) electrons. The molecule has 2 rings (SSSR count). The smallest absolute Gasteiger partial charge is 0.329 e. The lowest BCUT2D eigenvalue weighted by Crippen LogP contribution is -2.50. The highest BCUT2D eigenvalue weighted by atomic mass is 19.1. The number of aliphatic carboxylic acids is 1. The van der Waals surface area contributed by atoms with Crippen LogP contribution in [0.15, 0.2) is 18.2 Å². The molecule has 0 bridgehead atoms. The molecule has 0 aliphatic carbocycles. The fraction of sp³-hybridized carbons (Fsp3) is 0.385. The standard InChI is InChI=1S/C13H15FN2O3/c1-13(12(18)19)5-2-6-16(13)11(17)9-7-8(14)3-4-10(9)15/h3-4,7H,2,5-6,15H2,1H3,(H,18,19). The van der Waals surface area contributed by atoms with Gasteiger partial charge >= 0.3 is 5.97 Å². The number of hydrogen-bond acceptors (Lipinski definition) is 3. The summed E-state index contributed by atoms with van der Waals surface area (Å²) in [6.45, 7) is 1.83. The Labute approximate surface area is 109 Å². The summed E-state index contributed by atoms with van der Waals surface area (Å²) in [6, 6.07) is 3.50. The van der Waals surface area contributed by atoms with Gasteiger partial charge < -0.3 is 15.7 Å². The lowest BCUT2D eigenvalue weighted by Gasteiger charge is -2.31. The molecule has 1 fully saturated rings. The first-order valence-electron chi connectivity index (χ1n) is 5.96. The summed E-state index contributed by atoms with van der Waals surface area (Å²) in [5.41, 5.74) is 4.56. The van der Waals surface area contributed by atoms with Crippen LogP contribution in [0.25, 0.3) is 0 Å². The summed E-state index contributed by atoms with van der Waals surface area (Å²) in [7, 11) is 0. The second kappa shape index (κ2) is 4.53. The van der Waals surface area contributed by atoms with Crippen molar-refractivity contribution in [2.75, 3.05) is 12.3 Å². The van der Waals surface area contributed by atoms with Crippen molar-refractivity contribution >= 4 is 17.6 Å². The topological polar surface area (TPSA) is 83.6 Å². The third kappa shape index (κ3) is 2.14. The normalized spacial score (nSPS) is 22.5. The zero-order chi connectivity index (χ0) is 14.2. The van der Waals surface area contributed by atoms with E-state index < -0.39 is 23.2 Å². The first-order chi connectivity index (χ1) is 8.86. The van der Waals surface area contributed by atoms with Crippen LogP contribution in [-0.4, -0.2) is 34.0 Å². The average Bonchev–Trinajstić information content (AvgIpc) is 2.75. The summed E-state index contributed by atoms with van der Waals surface area (Å²) in [5, 5.41) is 9.26. The number of carbonyl (C=O) groups excluding carboxylic acids is 1. The Morgan fingerprint density at radius 1 is 1.47 bits per heavy atom. The maximum atomic E-state index is 13.2. The highest BCUT2D eigenvalue weighted by Gasteiger charge is 2.46. The SMILES string of the molecule is CC1(C(=O)O)CCCN1C(=O)c1cc(F)ccc1N. The molecule has 1 unspecified atom stereocenters. The molecular weight excluding hydrogens is 251 g/mol. The van der Waals surface area contributed by atoms with E-state index in [1.807, 2.05) is 0 Å². The predicted molar refractivity (Wildman–Crippen MR) is 67.1 cm³/mol. The molecule has 1 aliphatic heterocycles. The fourth-order valence-electron chi connectivity index (χ4n) is 2.37. The number of nitrogen functional groups attached to an aromatic ring is 1. The third-order valence-electron chi connectivity index (χ3n) is 3.59. The highest BCUT2D eigenvalue weighted by Crippen LogP contribution is 2.31. The quantitative estimate of drug-likeness (QED) is 0.794. The van der Waals surface area contributed by atoms with E-state index in [9.17, 15) is 19.1 Å². The number of likely N-dealkylation sites (tertiary alicyclic amines) is 1. The van der Waals surface area contributed by atoms with Crippen LogP contribution in [0.5, 0.6) is 0 Å². The zero-order valence-electron chi connectivity index (χ0n) is 10.5. The molecule has 0 spiro atoms. The van der Waals surface area contributed by atoms with Crippen LogP contribution < -0.4 is 5.73 Å². The third-order valence-corrected chi connectivity index (χ3v) is 3.59. The number of carboxylic acids is 1. The fourth-order valence-corrected chi connectivity index (χ4v) is 2.37. The van der Waals surface area contributed by atoms with E-state index >= 15 is 0 Å². The van der Waals surface area contributed by atoms with Crippen LogP contribution in [-0.2, 0) is 4.79 Å². The molecule has 0 saturated carbocycles. The van der Waals surface area contributed by atoms with Gasteiger partial charge in [-0.15, -0.1) is 0 Å². The lowest BCUT2D eigenvalue weighted by molar-refractivity contribution is -0.147. The molecule has 6 heteroatoms. The summed E-state index contributed by atoms with van der Waals surface area (Å²) in [5.74, 6) is -2.18. The molecule has 1 aromatic carbocycles. The van der Waals surface area contributed by atoms with Gasteiger partial charge in [-0.3, -0.25) is 4.79 Å². The molecule has 1 heterocycles. The first-order valence-corrected chi connectivity index (χ1v) is 5.96. The number of rotatable bonds is 2. The molecule has 102 valence electrons. The highest BCUT2D eigenvalue weighted by molar-refractivity contribution is 6.02. The van der Waals surface area contributed by atoms with Crippen LogP contribution in [0.3, 0.4) is 0 Å². The molecule has 1 atom stereocenters. The van der Waals surface area contributed by atoms with E-state index in [-0.39, 0.29) is 11.3 Å². The Morgan fingerprint density at radius 2 is 2.16 bits per heavy atom. The Balaban J connectivity index is 2.39. The van der Waals surface area contributed by atoms with Crippen molar-refractivity contribution in [3.63, 3.8) is 0 Å². The summed E-state index contributed by atoms with van der Waals surface area (Å²) in [6.07, 6.45) is 0.979. The minimum Gasteiger partial charge on any atom is -0.480 e. The summed E-state index contributed by atoms with van der Waals surface area (Å²) >= 11 is 0. The average molecular weight is 266 g/mol. The largest absolute Gasteiger partial charge is 0.480 e. The Kier molecular flexibility index (Phi) is 3.18. The second-order valence-corrected chi connectivity index (χ2v) is 4.87. The molecule has 1 amide bonds. The van der Waals surface area contributed by atoms with Crippen molar-refractivity contribution in [2.45, 2.75) is 25.3 Å². The zero-order valence-corrected chi connectivity index (χ0v) is 10.5. The van der Waals surface area contributed by atoms with Crippen molar-refractivity contribution < 1.29 is 19.1 Å². The molecule has 1 aliphatic rings. The van der Waals surface area contributed by atoms with E-state index in [1.165, 1.54) is 17.9 Å². The molecule has 3 N–H and O–H groups in total. The number of halogens is 1. The van der Waals surface area contributed by atoms with Crippen LogP contribution in [0, 0.1) is 5.82 Å². The number of carboxylic acid groups (broad SMARTS) is 1. The molecular formula is C13H15FN2O3. The minimum atomic E-state index is -1.25. The number of nitrogens with zero attached hydrogens (tertiary/aromatic N) is 1. The number of anilines is 1. The van der Waals surface area contributed by atoms with E-state index in [2.05, 4.69) is 0 Å². The molecule has 1 saturated heterocycles. The number of benzene rings is 1. The van der Waals surface area contributed by atoms with Gasteiger partial charge in [0.05, 0.1) is 5.56 Å². The van der Waals surface area contributed by atoms with E-state index in [1.54, 1.807) is 0 Å². The van der Waals surface area contributed by atoms with Crippen molar-refractivity contribution in [3.05, 3.63) is 29.6 Å². The predicted octanol–water partition coefficient (Wildman–Crippen LogP) is 1.49. The van der Waals surface area contributed by atoms with Crippen molar-refractivity contribution in [3.8, 4) is 0 Å². The van der Waals surface area contributed by atoms with Crippen LogP contribution in [0.2, 0.25) is 0 Å². The van der Waals surface area contributed by atoms with Gasteiger partial charge in [-0.1, -0.05) is 0 Å². The van der Waals surface area contributed by atoms with Crippen molar-refractivity contribution in [1.29, 1.82) is 0 Å².